The maximum Gasteiger partial charge on any atom is 0.244 e. The summed E-state index contributed by atoms with van der Waals surface area (Å²) in [5.41, 5.74) is 7.32. The van der Waals surface area contributed by atoms with Crippen LogP contribution in [0.3, 0.4) is 0 Å². The number of carbonyl (C=O) groups excluding carboxylic acids is 1. The Labute approximate surface area is 142 Å². The number of likely N-dealkylation sites (N-methyl/N-ethyl adjacent to an activating group) is 1. The fraction of sp³-hybridized carbons (Fsp3) is 0.500. The van der Waals surface area contributed by atoms with Gasteiger partial charge in [-0.3, -0.25) is 4.79 Å². The van der Waals surface area contributed by atoms with Crippen LogP contribution in [0.1, 0.15) is 12.8 Å². The van der Waals surface area contributed by atoms with E-state index in [0.29, 0.717) is 26.1 Å². The number of fused-ring (bicyclic) bond motifs is 1. The number of anilines is 1. The predicted octanol–water partition coefficient (Wildman–Crippen LogP) is 1.65. The number of benzene rings is 1. The average molecular weight is 330 g/mol. The normalized spacial score (nSPS) is 17.3. The molecule has 0 saturated carbocycles. The van der Waals surface area contributed by atoms with E-state index in [-0.39, 0.29) is 5.91 Å². The second-order valence-corrected chi connectivity index (χ2v) is 6.81. The number of amides is 1. The van der Waals surface area contributed by atoms with Gasteiger partial charge in [-0.25, -0.2) is 0 Å². The van der Waals surface area contributed by atoms with E-state index in [1.165, 1.54) is 5.39 Å². The molecule has 0 spiro atoms. The minimum absolute atomic E-state index is 0.128. The van der Waals surface area contributed by atoms with E-state index in [1.807, 2.05) is 18.2 Å². The molecule has 0 bridgehead atoms. The smallest absolute Gasteiger partial charge is 0.244 e. The summed E-state index contributed by atoms with van der Waals surface area (Å²) in [6.07, 6.45) is 3.20. The van der Waals surface area contributed by atoms with Gasteiger partial charge in [0.2, 0.25) is 5.91 Å². The highest BCUT2D eigenvalue weighted by Gasteiger charge is 2.35. The van der Waals surface area contributed by atoms with Crippen molar-refractivity contribution in [2.45, 2.75) is 24.9 Å². The van der Waals surface area contributed by atoms with Crippen molar-refractivity contribution < 1.29 is 9.53 Å². The maximum absolute atomic E-state index is 12.6. The molecule has 1 aromatic carbocycles. The summed E-state index contributed by atoms with van der Waals surface area (Å²) in [4.78, 5) is 14.7. The minimum Gasteiger partial charge on any atom is -0.381 e. The first-order chi connectivity index (χ1) is 11.5. The summed E-state index contributed by atoms with van der Waals surface area (Å²) in [7, 11) is 4.12. The Morgan fingerprint density at radius 3 is 2.79 bits per heavy atom. The molecule has 2 heterocycles. The Balaban J connectivity index is 1.77. The van der Waals surface area contributed by atoms with Gasteiger partial charge in [-0.2, -0.15) is 0 Å². The van der Waals surface area contributed by atoms with Crippen LogP contribution in [0.15, 0.2) is 30.5 Å². The van der Waals surface area contributed by atoms with E-state index in [1.54, 1.807) is 0 Å². The molecule has 1 saturated heterocycles. The predicted molar refractivity (Wildman–Crippen MR) is 96.1 cm³/mol. The Morgan fingerprint density at radius 2 is 2.08 bits per heavy atom. The average Bonchev–Trinajstić information content (AvgIpc) is 2.96. The second-order valence-electron chi connectivity index (χ2n) is 6.81. The van der Waals surface area contributed by atoms with Crippen LogP contribution >= 0.6 is 0 Å². The SMILES string of the molecule is CN(C)CCn1ccc2ccc(NC(=O)C3(N)CCOCC3)cc21. The molecule has 24 heavy (non-hydrogen) atoms. The van der Waals surface area contributed by atoms with Gasteiger partial charge in [-0.15, -0.1) is 0 Å². The zero-order chi connectivity index (χ0) is 17.2. The number of hydrogen-bond donors (Lipinski definition) is 2. The number of hydrogen-bond acceptors (Lipinski definition) is 4. The highest BCUT2D eigenvalue weighted by molar-refractivity contribution is 5.99. The minimum atomic E-state index is -0.833. The Hall–Kier alpha value is -1.89. The van der Waals surface area contributed by atoms with Gasteiger partial charge in [-0.1, -0.05) is 6.07 Å². The Morgan fingerprint density at radius 1 is 1.33 bits per heavy atom. The van der Waals surface area contributed by atoms with Crippen LogP contribution in [0.25, 0.3) is 10.9 Å². The van der Waals surface area contributed by atoms with Crippen molar-refractivity contribution >= 4 is 22.5 Å². The molecule has 0 unspecified atom stereocenters. The first-order valence-corrected chi connectivity index (χ1v) is 8.40. The lowest BCUT2D eigenvalue weighted by atomic mass is 9.90. The largest absolute Gasteiger partial charge is 0.381 e. The van der Waals surface area contributed by atoms with E-state index < -0.39 is 5.54 Å². The molecule has 1 aliphatic rings. The van der Waals surface area contributed by atoms with Crippen molar-refractivity contribution in [3.8, 4) is 0 Å². The number of nitrogens with two attached hydrogens (primary N) is 1. The van der Waals surface area contributed by atoms with E-state index >= 15 is 0 Å². The molecule has 1 aromatic heterocycles. The third kappa shape index (κ3) is 3.61. The van der Waals surface area contributed by atoms with E-state index in [0.717, 1.165) is 24.3 Å². The van der Waals surface area contributed by atoms with Crippen molar-refractivity contribution in [1.82, 2.24) is 9.47 Å². The summed E-state index contributed by atoms with van der Waals surface area (Å²) in [6.45, 7) is 2.95. The first kappa shape index (κ1) is 17.0. The van der Waals surface area contributed by atoms with Crippen molar-refractivity contribution in [3.05, 3.63) is 30.5 Å². The Kier molecular flexibility index (Phi) is 4.89. The molecule has 1 amide bonds. The van der Waals surface area contributed by atoms with Gasteiger partial charge in [-0.05, 0) is 50.5 Å². The highest BCUT2D eigenvalue weighted by Crippen LogP contribution is 2.23. The number of aromatic nitrogens is 1. The fourth-order valence-electron chi connectivity index (χ4n) is 2.98. The number of nitrogens with one attached hydrogen (secondary N) is 1. The molecule has 3 rings (SSSR count). The van der Waals surface area contributed by atoms with E-state index in [2.05, 4.69) is 41.1 Å². The van der Waals surface area contributed by atoms with Gasteiger partial charge in [0.1, 0.15) is 5.54 Å². The molecule has 6 nitrogen and oxygen atoms in total. The van der Waals surface area contributed by atoms with Crippen LogP contribution in [0, 0.1) is 0 Å². The number of carbonyl (C=O) groups is 1. The van der Waals surface area contributed by atoms with E-state index in [4.69, 9.17) is 10.5 Å². The quantitative estimate of drug-likeness (QED) is 0.874. The summed E-state index contributed by atoms with van der Waals surface area (Å²) in [5, 5.41) is 4.15. The summed E-state index contributed by atoms with van der Waals surface area (Å²) < 4.78 is 7.51. The lowest BCUT2D eigenvalue weighted by Crippen LogP contribution is -2.54. The third-order valence-electron chi connectivity index (χ3n) is 4.66. The zero-order valence-corrected chi connectivity index (χ0v) is 14.4. The van der Waals surface area contributed by atoms with Gasteiger partial charge >= 0.3 is 0 Å². The van der Waals surface area contributed by atoms with Crippen molar-refractivity contribution in [2.24, 2.45) is 5.73 Å². The topological polar surface area (TPSA) is 72.5 Å². The molecule has 0 radical (unpaired) electrons. The fourth-order valence-corrected chi connectivity index (χ4v) is 2.98. The summed E-state index contributed by atoms with van der Waals surface area (Å²) in [5.74, 6) is -0.128. The standard InChI is InChI=1S/C18H26N4O2/c1-21(2)9-10-22-8-5-14-3-4-15(13-16(14)22)20-17(23)18(19)6-11-24-12-7-18/h3-5,8,13H,6-7,9-12,19H2,1-2H3,(H,20,23). The lowest BCUT2D eigenvalue weighted by Gasteiger charge is -2.31. The van der Waals surface area contributed by atoms with Crippen LogP contribution in [-0.2, 0) is 16.1 Å². The van der Waals surface area contributed by atoms with Gasteiger partial charge in [0, 0.05) is 38.2 Å². The van der Waals surface area contributed by atoms with Crippen LogP contribution < -0.4 is 11.1 Å². The second kappa shape index (κ2) is 6.93. The molecule has 6 heteroatoms. The zero-order valence-electron chi connectivity index (χ0n) is 14.4. The van der Waals surface area contributed by atoms with Crippen LogP contribution in [0.5, 0.6) is 0 Å². The lowest BCUT2D eigenvalue weighted by molar-refractivity contribution is -0.124. The monoisotopic (exact) mass is 330 g/mol. The number of nitrogens with zero attached hydrogens (tertiary/aromatic N) is 2. The first-order valence-electron chi connectivity index (χ1n) is 8.40. The molecule has 3 N–H and O–H groups in total. The highest BCUT2D eigenvalue weighted by atomic mass is 16.5. The molecule has 0 atom stereocenters. The molecule has 1 aliphatic heterocycles. The van der Waals surface area contributed by atoms with Crippen LogP contribution in [0.2, 0.25) is 0 Å². The summed E-state index contributed by atoms with van der Waals surface area (Å²) in [6, 6.07) is 8.08. The molecule has 2 aromatic rings. The van der Waals surface area contributed by atoms with Gasteiger partial charge in [0.15, 0.2) is 0 Å². The van der Waals surface area contributed by atoms with Gasteiger partial charge < -0.3 is 25.3 Å². The van der Waals surface area contributed by atoms with E-state index in [9.17, 15) is 4.79 Å². The molecule has 130 valence electrons. The summed E-state index contributed by atoms with van der Waals surface area (Å²) >= 11 is 0. The number of ether oxygens (including phenoxy) is 1. The van der Waals surface area contributed by atoms with Crippen molar-refractivity contribution in [3.63, 3.8) is 0 Å². The van der Waals surface area contributed by atoms with Gasteiger partial charge in [0.05, 0.1) is 5.52 Å². The Bertz CT molecular complexity index is 717. The number of rotatable bonds is 5. The van der Waals surface area contributed by atoms with Crippen LogP contribution in [-0.4, -0.2) is 54.8 Å². The molecular formula is C18H26N4O2. The molecule has 0 aliphatic carbocycles. The van der Waals surface area contributed by atoms with Crippen molar-refractivity contribution in [2.75, 3.05) is 39.2 Å². The maximum atomic E-state index is 12.6. The third-order valence-corrected chi connectivity index (χ3v) is 4.66. The van der Waals surface area contributed by atoms with Gasteiger partial charge in [0.25, 0.3) is 0 Å². The molecular weight excluding hydrogens is 304 g/mol. The van der Waals surface area contributed by atoms with Crippen molar-refractivity contribution in [1.29, 1.82) is 0 Å². The molecule has 1 fully saturated rings. The van der Waals surface area contributed by atoms with Crippen LogP contribution in [0.4, 0.5) is 5.69 Å².